The molecule has 2 aromatic rings. The normalized spacial score (nSPS) is 13.3. The summed E-state index contributed by atoms with van der Waals surface area (Å²) in [6.07, 6.45) is 11.8. The fourth-order valence-corrected chi connectivity index (χ4v) is 3.65. The van der Waals surface area contributed by atoms with Crippen LogP contribution in [0.5, 0.6) is 0 Å². The molecule has 1 aliphatic heterocycles. The standard InChI is InChI=1S/C14H13F2NO2S.C7H7N3S.C2H6/c1-14(2,19)8-4-9(15)12(10(16)5-8)11-3-7(6-18)13(17)20-11;1-2-9-11-10-7-5-3-4-6-8-7;1-2/h3-6,19H,17H2,1-2H3;1,3-4,6,9H,5H2;1-2H3/b;10-7+;. The molecule has 0 radical (unpaired) electrons. The molecule has 0 spiro atoms. The molecule has 0 fully saturated rings. The molecule has 1 aromatic heterocycles. The third kappa shape index (κ3) is 8.46. The predicted molar refractivity (Wildman–Crippen MR) is 135 cm³/mol. The number of nitrogens with one attached hydrogen (secondary N) is 1. The number of aliphatic hydroxyl groups is 1. The summed E-state index contributed by atoms with van der Waals surface area (Å²) in [5.41, 5.74) is 4.34. The van der Waals surface area contributed by atoms with Gasteiger partial charge < -0.3 is 10.8 Å². The number of anilines is 1. The van der Waals surface area contributed by atoms with Gasteiger partial charge in [-0.15, -0.1) is 11.3 Å². The van der Waals surface area contributed by atoms with E-state index in [4.69, 9.17) is 12.2 Å². The average molecular weight is 493 g/mol. The fraction of sp³-hybridized carbons (Fsp3) is 0.261. The lowest BCUT2D eigenvalue weighted by Crippen LogP contribution is -2.16. The Morgan fingerprint density at radius 2 is 1.97 bits per heavy atom. The Morgan fingerprint density at radius 3 is 2.42 bits per heavy atom. The molecule has 6 nitrogen and oxygen atoms in total. The van der Waals surface area contributed by atoms with E-state index in [0.717, 1.165) is 47.9 Å². The van der Waals surface area contributed by atoms with Crippen LogP contribution in [0, 0.1) is 24.1 Å². The molecular weight excluding hydrogens is 466 g/mol. The van der Waals surface area contributed by atoms with Gasteiger partial charge in [0.15, 0.2) is 6.29 Å². The number of allylic oxidation sites excluding steroid dienone is 1. The second-order valence-corrected chi connectivity index (χ2v) is 8.33. The topological polar surface area (TPSA) is 100 Å². The summed E-state index contributed by atoms with van der Waals surface area (Å²) in [6.45, 7) is 6.88. The molecule has 4 N–H and O–H groups in total. The Bertz CT molecular complexity index is 1060. The van der Waals surface area contributed by atoms with Gasteiger partial charge >= 0.3 is 0 Å². The Labute approximate surface area is 201 Å². The number of terminal acetylenes is 1. The van der Waals surface area contributed by atoms with Crippen molar-refractivity contribution in [2.24, 2.45) is 9.39 Å². The summed E-state index contributed by atoms with van der Waals surface area (Å²) in [6, 6.07) is 5.75. The van der Waals surface area contributed by atoms with Crippen LogP contribution < -0.4 is 10.5 Å². The summed E-state index contributed by atoms with van der Waals surface area (Å²) >= 11 is 2.05. The van der Waals surface area contributed by atoms with Gasteiger partial charge in [-0.2, -0.15) is 4.40 Å². The minimum absolute atomic E-state index is 0.136. The minimum atomic E-state index is -1.34. The minimum Gasteiger partial charge on any atom is -0.390 e. The van der Waals surface area contributed by atoms with E-state index < -0.39 is 17.2 Å². The number of amidine groups is 1. The molecule has 3 rings (SSSR count). The summed E-state index contributed by atoms with van der Waals surface area (Å²) in [4.78, 5) is 15.0. The van der Waals surface area contributed by atoms with Gasteiger partial charge in [-0.25, -0.2) is 13.8 Å². The highest BCUT2D eigenvalue weighted by Crippen LogP contribution is 2.37. The van der Waals surface area contributed by atoms with Crippen LogP contribution in [-0.2, 0) is 5.60 Å². The Morgan fingerprint density at radius 1 is 1.33 bits per heavy atom. The first-order chi connectivity index (χ1) is 15.7. The van der Waals surface area contributed by atoms with Crippen LogP contribution in [0.25, 0.3) is 10.4 Å². The van der Waals surface area contributed by atoms with Gasteiger partial charge in [0, 0.05) is 29.1 Å². The van der Waals surface area contributed by atoms with Crippen molar-refractivity contribution in [3.8, 4) is 22.9 Å². The molecule has 0 aliphatic carbocycles. The van der Waals surface area contributed by atoms with E-state index >= 15 is 0 Å². The number of hydrogen-bond donors (Lipinski definition) is 3. The molecule has 0 bridgehead atoms. The van der Waals surface area contributed by atoms with E-state index in [1.807, 2.05) is 26.0 Å². The summed E-state index contributed by atoms with van der Waals surface area (Å²) in [5.74, 6) is -0.832. The number of nitrogen functional groups attached to an aromatic ring is 1. The maximum absolute atomic E-state index is 14.1. The monoisotopic (exact) mass is 492 g/mol. The Kier molecular flexibility index (Phi) is 11.5. The number of nitrogens with two attached hydrogens (primary N) is 1. The summed E-state index contributed by atoms with van der Waals surface area (Å²) < 4.78 is 34.8. The van der Waals surface area contributed by atoms with Crippen LogP contribution >= 0.6 is 23.5 Å². The van der Waals surface area contributed by atoms with Gasteiger partial charge in [0.25, 0.3) is 0 Å². The van der Waals surface area contributed by atoms with E-state index in [9.17, 15) is 18.7 Å². The van der Waals surface area contributed by atoms with Gasteiger partial charge in [-0.05, 0) is 43.7 Å². The van der Waals surface area contributed by atoms with Crippen LogP contribution in [0.15, 0.2) is 39.7 Å². The number of benzene rings is 1. The van der Waals surface area contributed by atoms with Crippen LogP contribution in [0.1, 0.15) is 50.0 Å². The first-order valence-corrected chi connectivity index (χ1v) is 11.5. The van der Waals surface area contributed by atoms with E-state index in [1.54, 1.807) is 6.21 Å². The highest BCUT2D eigenvalue weighted by molar-refractivity contribution is 7.96. The highest BCUT2D eigenvalue weighted by atomic mass is 32.2. The van der Waals surface area contributed by atoms with Gasteiger partial charge in [0.05, 0.1) is 28.3 Å². The number of thiophene rings is 1. The zero-order valence-electron chi connectivity index (χ0n) is 18.7. The first-order valence-electron chi connectivity index (χ1n) is 9.86. The molecule has 0 saturated carbocycles. The van der Waals surface area contributed by atoms with Crippen molar-refractivity contribution in [1.29, 1.82) is 0 Å². The predicted octanol–water partition coefficient (Wildman–Crippen LogP) is 5.50. The smallest absolute Gasteiger partial charge is 0.153 e. The maximum Gasteiger partial charge on any atom is 0.153 e. The first kappa shape index (κ1) is 28.0. The van der Waals surface area contributed by atoms with E-state index in [0.29, 0.717) is 6.29 Å². The van der Waals surface area contributed by atoms with Gasteiger partial charge in [-0.1, -0.05) is 26.3 Å². The molecule has 1 aliphatic rings. The van der Waals surface area contributed by atoms with E-state index in [2.05, 4.69) is 20.2 Å². The van der Waals surface area contributed by atoms with Crippen LogP contribution in [0.3, 0.4) is 0 Å². The average Bonchev–Trinajstić information content (AvgIpc) is 3.15. The number of carbonyl (C=O) groups excluding carboxylic acids is 1. The zero-order valence-corrected chi connectivity index (χ0v) is 20.4. The van der Waals surface area contributed by atoms with Crippen LogP contribution in [-0.4, -0.2) is 23.4 Å². The number of dihydropyridines is 1. The van der Waals surface area contributed by atoms with E-state index in [-0.39, 0.29) is 26.6 Å². The number of carbonyl (C=O) groups is 1. The van der Waals surface area contributed by atoms with E-state index in [1.165, 1.54) is 19.9 Å². The quantitative estimate of drug-likeness (QED) is 0.168. The summed E-state index contributed by atoms with van der Waals surface area (Å²) in [7, 11) is 0. The van der Waals surface area contributed by atoms with Crippen LogP contribution in [0.4, 0.5) is 13.8 Å². The number of aldehydes is 1. The van der Waals surface area contributed by atoms with Gasteiger partial charge in [0.1, 0.15) is 17.5 Å². The molecule has 0 amide bonds. The van der Waals surface area contributed by atoms with Crippen LogP contribution in [0.2, 0.25) is 0 Å². The Hall–Kier alpha value is -3.00. The molecule has 176 valence electrons. The lowest BCUT2D eigenvalue weighted by molar-refractivity contribution is 0.0779. The molecular formula is C23H26F2N4O2S2. The second kappa shape index (κ2) is 13.5. The summed E-state index contributed by atoms with van der Waals surface area (Å²) in [5, 5.41) is 10.00. The molecule has 33 heavy (non-hydrogen) atoms. The number of hydrogen-bond acceptors (Lipinski definition) is 7. The number of nitrogens with zero attached hydrogens (tertiary/aromatic N) is 2. The van der Waals surface area contributed by atoms with Crippen molar-refractivity contribution in [3.05, 3.63) is 53.1 Å². The SMILES string of the molecule is C#CNS/N=C1\CC=CC=N1.CC.CC(C)(O)c1cc(F)c(-c2cc(C=O)c(N)s2)c(F)c1. The third-order valence-corrected chi connectivity index (χ3v) is 5.42. The van der Waals surface area contributed by atoms with Crippen molar-refractivity contribution in [2.45, 2.75) is 39.7 Å². The van der Waals surface area contributed by atoms with Crippen molar-refractivity contribution in [2.75, 3.05) is 5.73 Å². The second-order valence-electron chi connectivity index (χ2n) is 6.68. The third-order valence-electron chi connectivity index (χ3n) is 3.91. The molecule has 10 heteroatoms. The Balaban J connectivity index is 0.000000354. The van der Waals surface area contributed by atoms with Crippen molar-refractivity contribution in [1.82, 2.24) is 4.72 Å². The highest BCUT2D eigenvalue weighted by Gasteiger charge is 2.23. The fourth-order valence-electron chi connectivity index (χ4n) is 2.38. The largest absolute Gasteiger partial charge is 0.390 e. The van der Waals surface area contributed by atoms with Crippen molar-refractivity contribution in [3.63, 3.8) is 0 Å². The number of rotatable bonds is 5. The van der Waals surface area contributed by atoms with Crippen molar-refractivity contribution < 1.29 is 18.7 Å². The molecule has 1 aromatic carbocycles. The zero-order chi connectivity index (χ0) is 25.0. The number of halogens is 2. The molecule has 2 heterocycles. The number of aliphatic imine (C=N–C) groups is 1. The molecule has 0 atom stereocenters. The van der Waals surface area contributed by atoms with Gasteiger partial charge in [-0.3, -0.25) is 9.52 Å². The maximum atomic E-state index is 14.1. The molecule has 0 unspecified atom stereocenters. The lowest BCUT2D eigenvalue weighted by Gasteiger charge is -2.18. The van der Waals surface area contributed by atoms with Gasteiger partial charge in [0.2, 0.25) is 0 Å². The molecule has 0 saturated heterocycles. The lowest BCUT2D eigenvalue weighted by atomic mass is 9.96. The van der Waals surface area contributed by atoms with Crippen molar-refractivity contribution >= 4 is 46.8 Å².